The van der Waals surface area contributed by atoms with E-state index in [2.05, 4.69) is 25.7 Å². The number of likely N-dealkylation sites (N-methyl/N-ethyl adjacent to an activating group) is 1. The molecule has 0 aromatic rings. The maximum absolute atomic E-state index is 6.19. The van der Waals surface area contributed by atoms with E-state index in [0.29, 0.717) is 0 Å². The van der Waals surface area contributed by atoms with Gasteiger partial charge >= 0.3 is 0 Å². The Bertz CT molecular complexity index is 162. The van der Waals surface area contributed by atoms with E-state index in [-0.39, 0.29) is 5.54 Å². The molecular formula is C12H26N2. The molecule has 1 aliphatic rings. The van der Waals surface area contributed by atoms with Crippen LogP contribution in [0.4, 0.5) is 0 Å². The number of rotatable bonds is 6. The number of hydrogen-bond donors (Lipinski definition) is 1. The summed E-state index contributed by atoms with van der Waals surface area (Å²) in [5, 5.41) is 0. The summed E-state index contributed by atoms with van der Waals surface area (Å²) in [7, 11) is 0. The van der Waals surface area contributed by atoms with Crippen molar-refractivity contribution in [2.75, 3.05) is 19.6 Å². The van der Waals surface area contributed by atoms with Crippen LogP contribution < -0.4 is 5.73 Å². The molecule has 0 spiro atoms. The summed E-state index contributed by atoms with van der Waals surface area (Å²) < 4.78 is 0. The van der Waals surface area contributed by atoms with Crippen molar-refractivity contribution < 1.29 is 0 Å². The van der Waals surface area contributed by atoms with E-state index >= 15 is 0 Å². The summed E-state index contributed by atoms with van der Waals surface area (Å²) in [5.74, 6) is 0.961. The first kappa shape index (κ1) is 12.0. The van der Waals surface area contributed by atoms with Gasteiger partial charge in [-0.2, -0.15) is 0 Å². The van der Waals surface area contributed by atoms with Crippen LogP contribution in [0.25, 0.3) is 0 Å². The third-order valence-corrected chi connectivity index (χ3v) is 3.58. The van der Waals surface area contributed by atoms with Crippen LogP contribution in [0.5, 0.6) is 0 Å². The van der Waals surface area contributed by atoms with Crippen molar-refractivity contribution in [3.63, 3.8) is 0 Å². The second kappa shape index (κ2) is 5.13. The molecule has 84 valence electrons. The first-order chi connectivity index (χ1) is 6.57. The summed E-state index contributed by atoms with van der Waals surface area (Å²) in [5.41, 5.74) is 6.19. The first-order valence-corrected chi connectivity index (χ1v) is 6.08. The van der Waals surface area contributed by atoms with Gasteiger partial charge in [-0.1, -0.05) is 20.3 Å². The highest BCUT2D eigenvalue weighted by molar-refractivity contribution is 4.83. The van der Waals surface area contributed by atoms with Gasteiger partial charge in [-0.15, -0.1) is 0 Å². The van der Waals surface area contributed by atoms with Gasteiger partial charge in [-0.3, -0.25) is 0 Å². The Morgan fingerprint density at radius 1 is 1.36 bits per heavy atom. The zero-order valence-corrected chi connectivity index (χ0v) is 10.1. The number of nitrogens with two attached hydrogens (primary N) is 1. The Labute approximate surface area is 88.8 Å². The molecule has 0 bridgehead atoms. The molecular weight excluding hydrogens is 172 g/mol. The summed E-state index contributed by atoms with van der Waals surface area (Å²) in [6, 6.07) is 0. The molecule has 1 aliphatic carbocycles. The molecule has 2 heteroatoms. The minimum atomic E-state index is -0.000241. The topological polar surface area (TPSA) is 29.3 Å². The zero-order chi connectivity index (χ0) is 10.6. The third kappa shape index (κ3) is 3.58. The van der Waals surface area contributed by atoms with Crippen LogP contribution in [0.3, 0.4) is 0 Å². The molecule has 1 fully saturated rings. The van der Waals surface area contributed by atoms with Crippen molar-refractivity contribution in [3.05, 3.63) is 0 Å². The van der Waals surface area contributed by atoms with Gasteiger partial charge in [0.2, 0.25) is 0 Å². The molecule has 2 nitrogen and oxygen atoms in total. The lowest BCUT2D eigenvalue weighted by atomic mass is 9.84. The second-order valence-electron chi connectivity index (χ2n) is 5.13. The summed E-state index contributed by atoms with van der Waals surface area (Å²) in [6.45, 7) is 10.0. The maximum atomic E-state index is 6.19. The van der Waals surface area contributed by atoms with Crippen molar-refractivity contribution in [3.8, 4) is 0 Å². The van der Waals surface area contributed by atoms with Crippen LogP contribution in [-0.2, 0) is 0 Å². The molecule has 1 saturated carbocycles. The predicted molar refractivity (Wildman–Crippen MR) is 62.3 cm³/mol. The molecule has 2 N–H and O–H groups in total. The normalized spacial score (nSPS) is 22.1. The van der Waals surface area contributed by atoms with Crippen LogP contribution in [0.15, 0.2) is 0 Å². The van der Waals surface area contributed by atoms with Gasteiger partial charge in [-0.05, 0) is 38.6 Å². The molecule has 1 unspecified atom stereocenters. The monoisotopic (exact) mass is 198 g/mol. The molecule has 1 atom stereocenters. The summed E-state index contributed by atoms with van der Waals surface area (Å²) in [4.78, 5) is 2.52. The highest BCUT2D eigenvalue weighted by Gasteiger charge is 2.24. The Morgan fingerprint density at radius 3 is 2.36 bits per heavy atom. The van der Waals surface area contributed by atoms with Gasteiger partial charge in [0.15, 0.2) is 0 Å². The first-order valence-electron chi connectivity index (χ1n) is 6.08. The van der Waals surface area contributed by atoms with Crippen LogP contribution in [0.1, 0.15) is 46.5 Å². The van der Waals surface area contributed by atoms with Crippen molar-refractivity contribution in [1.82, 2.24) is 4.90 Å². The third-order valence-electron chi connectivity index (χ3n) is 3.58. The lowest BCUT2D eigenvalue weighted by Gasteiger charge is -2.36. The van der Waals surface area contributed by atoms with Crippen molar-refractivity contribution in [1.29, 1.82) is 0 Å². The van der Waals surface area contributed by atoms with Gasteiger partial charge in [0.05, 0.1) is 0 Å². The maximum Gasteiger partial charge on any atom is 0.0252 e. The Hall–Kier alpha value is -0.0800. The molecule has 14 heavy (non-hydrogen) atoms. The number of nitrogens with zero attached hydrogens (tertiary/aromatic N) is 1. The second-order valence-corrected chi connectivity index (χ2v) is 5.13. The summed E-state index contributed by atoms with van der Waals surface area (Å²) in [6.07, 6.45) is 5.37. The van der Waals surface area contributed by atoms with Gasteiger partial charge in [0, 0.05) is 18.6 Å². The van der Waals surface area contributed by atoms with Crippen LogP contribution >= 0.6 is 0 Å². The Balaban J connectivity index is 2.29. The van der Waals surface area contributed by atoms with Gasteiger partial charge < -0.3 is 10.6 Å². The van der Waals surface area contributed by atoms with Crippen molar-refractivity contribution >= 4 is 0 Å². The minimum absolute atomic E-state index is 0.000241. The van der Waals surface area contributed by atoms with E-state index in [1.54, 1.807) is 0 Å². The highest BCUT2D eigenvalue weighted by Crippen LogP contribution is 2.27. The van der Waals surface area contributed by atoms with E-state index in [4.69, 9.17) is 5.73 Å². The predicted octanol–water partition coefficient (Wildman–Crippen LogP) is 2.24. The van der Waals surface area contributed by atoms with Crippen LogP contribution in [-0.4, -0.2) is 30.1 Å². The molecule has 0 aliphatic heterocycles. The van der Waals surface area contributed by atoms with E-state index in [0.717, 1.165) is 25.4 Å². The SMILES string of the molecule is CCN(CC1CCC1)CC(C)(N)CC. The fourth-order valence-corrected chi connectivity index (χ4v) is 1.97. The molecule has 0 aromatic carbocycles. The van der Waals surface area contributed by atoms with Crippen LogP contribution in [0, 0.1) is 5.92 Å². The largest absolute Gasteiger partial charge is 0.324 e. The quantitative estimate of drug-likeness (QED) is 0.709. The fourth-order valence-electron chi connectivity index (χ4n) is 1.97. The van der Waals surface area contributed by atoms with Gasteiger partial charge in [-0.25, -0.2) is 0 Å². The number of hydrogen-bond acceptors (Lipinski definition) is 2. The summed E-state index contributed by atoms with van der Waals surface area (Å²) >= 11 is 0. The molecule has 0 radical (unpaired) electrons. The minimum Gasteiger partial charge on any atom is -0.324 e. The van der Waals surface area contributed by atoms with Crippen LogP contribution in [0.2, 0.25) is 0 Å². The van der Waals surface area contributed by atoms with E-state index < -0.39 is 0 Å². The standard InChI is InChI=1S/C12H26N2/c1-4-12(3,13)10-14(5-2)9-11-7-6-8-11/h11H,4-10,13H2,1-3H3. The van der Waals surface area contributed by atoms with Gasteiger partial charge in [0.1, 0.15) is 0 Å². The molecule has 0 heterocycles. The average molecular weight is 198 g/mol. The fraction of sp³-hybridized carbons (Fsp3) is 1.00. The lowest BCUT2D eigenvalue weighted by molar-refractivity contribution is 0.155. The molecule has 0 amide bonds. The molecule has 0 aromatic heterocycles. The van der Waals surface area contributed by atoms with E-state index in [9.17, 15) is 0 Å². The van der Waals surface area contributed by atoms with Gasteiger partial charge in [0.25, 0.3) is 0 Å². The van der Waals surface area contributed by atoms with E-state index in [1.807, 2.05) is 0 Å². The zero-order valence-electron chi connectivity index (χ0n) is 10.1. The lowest BCUT2D eigenvalue weighted by Crippen LogP contribution is -2.48. The highest BCUT2D eigenvalue weighted by atomic mass is 15.1. The Kier molecular flexibility index (Phi) is 4.39. The Morgan fingerprint density at radius 2 is 2.00 bits per heavy atom. The van der Waals surface area contributed by atoms with Crippen molar-refractivity contribution in [2.45, 2.75) is 52.0 Å². The smallest absolute Gasteiger partial charge is 0.0252 e. The van der Waals surface area contributed by atoms with Crippen molar-refractivity contribution in [2.24, 2.45) is 11.7 Å². The molecule has 0 saturated heterocycles. The molecule has 1 rings (SSSR count). The van der Waals surface area contributed by atoms with E-state index in [1.165, 1.54) is 25.8 Å². The average Bonchev–Trinajstić information content (AvgIpc) is 2.09.